The lowest BCUT2D eigenvalue weighted by Crippen LogP contribution is -2.49. The number of amides is 1. The number of anilines is 1. The Kier molecular flexibility index (Phi) is 12.9. The fourth-order valence-corrected chi connectivity index (χ4v) is 10.9. The molecule has 2 saturated heterocycles. The molecule has 18 heteroatoms. The summed E-state index contributed by atoms with van der Waals surface area (Å²) in [5, 5.41) is 34.7. The van der Waals surface area contributed by atoms with E-state index in [0.29, 0.717) is 70.2 Å². The van der Waals surface area contributed by atoms with Gasteiger partial charge >= 0.3 is 11.9 Å². The number of ketones is 1. The first-order valence-electron chi connectivity index (χ1n) is 24.8. The quantitative estimate of drug-likeness (QED) is 0.0894. The fourth-order valence-electron chi connectivity index (χ4n) is 10.9. The van der Waals surface area contributed by atoms with Crippen molar-refractivity contribution in [2.45, 2.75) is 90.5 Å². The largest absolute Gasteiger partial charge is 0.508 e. The molecule has 0 saturated carbocycles. The Morgan fingerprint density at radius 3 is 2.24 bits per heavy atom. The number of phenols is 3. The third-order valence-corrected chi connectivity index (χ3v) is 14.8. The molecule has 6 aromatic rings. The monoisotopic (exact) mass is 1010 g/mol. The topological polar surface area (TPSA) is 217 Å². The summed E-state index contributed by atoms with van der Waals surface area (Å²) < 4.78 is 19.6. The lowest BCUT2D eigenvalue weighted by molar-refractivity contribution is -0.192. The van der Waals surface area contributed by atoms with Crippen LogP contribution in [0.25, 0.3) is 22.3 Å². The van der Waals surface area contributed by atoms with Crippen molar-refractivity contribution < 1.29 is 48.7 Å². The molecule has 74 heavy (non-hydrogen) atoms. The number of Topliss-reactive ketones (excluding diaryl/α,β-unsaturated/α-hetero) is 1. The van der Waals surface area contributed by atoms with Gasteiger partial charge in [-0.2, -0.15) is 0 Å². The van der Waals surface area contributed by atoms with Crippen molar-refractivity contribution in [1.82, 2.24) is 29.8 Å². The maximum absolute atomic E-state index is 14.2. The number of carbonyl (C=O) groups excluding carboxylic acids is 4. The van der Waals surface area contributed by atoms with Gasteiger partial charge in [0.1, 0.15) is 41.5 Å². The molecule has 3 unspecified atom stereocenters. The number of esters is 2. The highest BCUT2D eigenvalue weighted by Crippen LogP contribution is 2.44. The third kappa shape index (κ3) is 8.65. The number of carbonyl (C=O) groups is 4. The van der Waals surface area contributed by atoms with Crippen LogP contribution < -0.4 is 20.6 Å². The van der Waals surface area contributed by atoms with E-state index in [4.69, 9.17) is 19.2 Å². The number of piperidine rings is 1. The van der Waals surface area contributed by atoms with Crippen LogP contribution in [0.5, 0.6) is 28.7 Å². The number of hydrogen-bond acceptors (Lipinski definition) is 16. The Morgan fingerprint density at radius 1 is 0.905 bits per heavy atom. The minimum atomic E-state index is -1.87. The summed E-state index contributed by atoms with van der Waals surface area (Å²) >= 11 is 0. The Balaban J connectivity index is 0.798. The molecule has 4 aliphatic heterocycles. The van der Waals surface area contributed by atoms with Gasteiger partial charge in [-0.25, -0.2) is 20.2 Å². The lowest BCUT2D eigenvalue weighted by Gasteiger charge is -2.38. The molecule has 0 aliphatic carbocycles. The minimum Gasteiger partial charge on any atom is -0.508 e. The average molecular weight is 1010 g/mol. The van der Waals surface area contributed by atoms with E-state index in [1.165, 1.54) is 13.0 Å². The zero-order valence-electron chi connectivity index (χ0n) is 42.3. The van der Waals surface area contributed by atoms with E-state index in [1.807, 2.05) is 55.9 Å². The first kappa shape index (κ1) is 49.8. The number of ether oxygens (including phenoxy) is 3. The zero-order valence-corrected chi connectivity index (χ0v) is 42.3. The number of hydrogen-bond donors (Lipinski definition) is 4. The molecular weight excluding hydrogens is 947 g/mol. The maximum Gasteiger partial charge on any atom is 0.355 e. The van der Waals surface area contributed by atoms with Crippen LogP contribution >= 0.6 is 0 Å². The highest BCUT2D eigenvalue weighted by molar-refractivity contribution is 5.95. The zero-order chi connectivity index (χ0) is 52.5. The number of pyridine rings is 2. The Bertz CT molecular complexity index is 3310. The van der Waals surface area contributed by atoms with Crippen molar-refractivity contribution in [1.29, 1.82) is 0 Å². The number of fused-ring (bicyclic) bond motifs is 5. The van der Waals surface area contributed by atoms with Crippen molar-refractivity contribution in [3.8, 4) is 40.1 Å². The molecule has 6 heterocycles. The van der Waals surface area contributed by atoms with Gasteiger partial charge in [0.15, 0.2) is 11.9 Å². The number of aromatic hydroxyl groups is 3. The summed E-state index contributed by atoms with van der Waals surface area (Å²) in [5.41, 5.74) is 7.07. The minimum absolute atomic E-state index is 0.00580. The molecule has 1 amide bonds. The number of likely N-dealkylation sites (tertiary alicyclic amines) is 1. The molecule has 2 aromatic heterocycles. The van der Waals surface area contributed by atoms with E-state index in [0.717, 1.165) is 16.5 Å². The number of rotatable bonds is 12. The molecule has 4 aliphatic rings. The van der Waals surface area contributed by atoms with Gasteiger partial charge in [-0.1, -0.05) is 20.8 Å². The molecule has 4 N–H and O–H groups in total. The van der Waals surface area contributed by atoms with Crippen molar-refractivity contribution in [2.75, 3.05) is 39.1 Å². The van der Waals surface area contributed by atoms with Crippen LogP contribution in [0.15, 0.2) is 89.7 Å². The average Bonchev–Trinajstić information content (AvgIpc) is 3.92. The molecule has 2 fully saturated rings. The number of aromatic nitrogens is 2. The molecule has 18 nitrogen and oxygen atoms in total. The second-order valence-corrected chi connectivity index (χ2v) is 20.2. The van der Waals surface area contributed by atoms with Crippen LogP contribution in [0.2, 0.25) is 0 Å². The van der Waals surface area contributed by atoms with Crippen LogP contribution in [-0.2, 0) is 49.2 Å². The molecule has 3 atom stereocenters. The van der Waals surface area contributed by atoms with E-state index < -0.39 is 35.8 Å². The number of benzene rings is 4. The van der Waals surface area contributed by atoms with Crippen molar-refractivity contribution in [2.24, 2.45) is 5.92 Å². The second kappa shape index (κ2) is 19.2. The highest BCUT2D eigenvalue weighted by atomic mass is 16.6. The standard InChI is InChI=1S/C56H59N7O11/c1-8-56(43-25-45-49-34(27-62(45)53(69)42(43)29-72-55(56)71)23-39-41(28-59(5)6)46(65)18-17-44(39)57-49)74-54(70)33-19-21-61(22-20-33)52(68)32-9-13-36(14-10-32)73-37-15-11-35(12-16-37)63-50(58-60(7)51(63)31(4)64)40-24-38(30(2)3)47(66)26-48(40)67/h9-18,23-26,30,33,50-51,58,65-67H,8,19-22,27-29H2,1-7H3. The SMILES string of the molecule is CCC1(OC(=O)C2CCN(C(=O)c3ccc(Oc4ccc(N5C(c6cc(C(C)C)c(O)cc6O)NN(C)C5C(C)=O)cc4)cc3)CC2)C(=O)OCc2c1cc1n(c2=O)Cc2cc3c(CN(C)C)c(O)ccc3nc2-1. The van der Waals surface area contributed by atoms with Gasteiger partial charge in [-0.15, -0.1) is 0 Å². The van der Waals surface area contributed by atoms with Gasteiger partial charge in [0.25, 0.3) is 11.5 Å². The van der Waals surface area contributed by atoms with Crippen LogP contribution in [0.4, 0.5) is 5.69 Å². The summed E-state index contributed by atoms with van der Waals surface area (Å²) in [6.07, 6.45) is -0.729. The number of phenolic OH excluding ortho intramolecular Hbond substituents is 3. The summed E-state index contributed by atoms with van der Waals surface area (Å²) in [4.78, 5) is 79.3. The van der Waals surface area contributed by atoms with Crippen molar-refractivity contribution in [3.63, 3.8) is 0 Å². The van der Waals surface area contributed by atoms with Gasteiger partial charge < -0.3 is 48.8 Å². The van der Waals surface area contributed by atoms with E-state index in [1.54, 1.807) is 89.1 Å². The predicted octanol–water partition coefficient (Wildman–Crippen LogP) is 7.15. The van der Waals surface area contributed by atoms with Gasteiger partial charge in [0.05, 0.1) is 34.9 Å². The Morgan fingerprint density at radius 2 is 1.59 bits per heavy atom. The normalized spacial score (nSPS) is 19.7. The van der Waals surface area contributed by atoms with Crippen LogP contribution in [-0.4, -0.2) is 104 Å². The smallest absolute Gasteiger partial charge is 0.355 e. The lowest BCUT2D eigenvalue weighted by atomic mass is 9.85. The summed E-state index contributed by atoms with van der Waals surface area (Å²) in [6.45, 7) is 8.09. The second-order valence-electron chi connectivity index (χ2n) is 20.2. The Hall–Kier alpha value is -7.80. The van der Waals surface area contributed by atoms with Gasteiger partial charge in [0.2, 0.25) is 5.60 Å². The van der Waals surface area contributed by atoms with Crippen LogP contribution in [0.1, 0.15) is 103 Å². The molecule has 4 aromatic carbocycles. The first-order chi connectivity index (χ1) is 35.4. The molecular formula is C56H59N7O11. The van der Waals surface area contributed by atoms with Crippen LogP contribution in [0.3, 0.4) is 0 Å². The molecule has 0 radical (unpaired) electrons. The van der Waals surface area contributed by atoms with Gasteiger partial charge in [-0.3, -0.25) is 19.2 Å². The van der Waals surface area contributed by atoms with Gasteiger partial charge in [0, 0.05) is 71.6 Å². The number of likely N-dealkylation sites (N-methyl/N-ethyl adjacent to an activating group) is 1. The highest BCUT2D eigenvalue weighted by Gasteiger charge is 2.51. The molecule has 10 rings (SSSR count). The Labute approximate surface area is 427 Å². The van der Waals surface area contributed by atoms with E-state index >= 15 is 0 Å². The van der Waals surface area contributed by atoms with E-state index in [2.05, 4.69) is 5.43 Å². The molecule has 0 bridgehead atoms. The van der Waals surface area contributed by atoms with Gasteiger partial charge in [-0.05, 0) is 131 Å². The fraction of sp³-hybridized carbons (Fsp3) is 0.357. The van der Waals surface area contributed by atoms with Crippen molar-refractivity contribution >= 4 is 40.2 Å². The van der Waals surface area contributed by atoms with Crippen LogP contribution in [0, 0.1) is 5.92 Å². The number of cyclic esters (lactones) is 1. The number of hydrazine groups is 1. The molecule has 0 spiro atoms. The number of nitrogens with zero attached hydrogens (tertiary/aromatic N) is 6. The number of nitrogens with one attached hydrogen (secondary N) is 1. The predicted molar refractivity (Wildman–Crippen MR) is 273 cm³/mol. The van der Waals surface area contributed by atoms with E-state index in [-0.39, 0.29) is 84.2 Å². The summed E-state index contributed by atoms with van der Waals surface area (Å²) in [6, 6.07) is 24.0. The molecule has 384 valence electrons. The summed E-state index contributed by atoms with van der Waals surface area (Å²) in [7, 11) is 5.58. The van der Waals surface area contributed by atoms with E-state index in [9.17, 15) is 39.3 Å². The third-order valence-electron chi connectivity index (χ3n) is 14.8. The first-order valence-corrected chi connectivity index (χ1v) is 24.8. The van der Waals surface area contributed by atoms with Crippen molar-refractivity contribution in [3.05, 3.63) is 134 Å². The summed E-state index contributed by atoms with van der Waals surface area (Å²) in [5.74, 6) is -1.32. The maximum atomic E-state index is 14.2.